The number of aryl methyl sites for hydroxylation is 2. The summed E-state index contributed by atoms with van der Waals surface area (Å²) >= 11 is 1.70. The average molecular weight is 219 g/mol. The van der Waals surface area contributed by atoms with Crippen LogP contribution >= 0.6 is 11.3 Å². The maximum Gasteiger partial charge on any atom is 0.0799 e. The number of thiophene rings is 1. The largest absolute Gasteiger partial charge is 0.319 e. The predicted octanol–water partition coefficient (Wildman–Crippen LogP) is 2.20. The SMILES string of the molecule is Cc1cnc(C(N)c2ccsc2C)cn1. The molecule has 0 aliphatic rings. The first kappa shape index (κ1) is 10.3. The van der Waals surface area contributed by atoms with Gasteiger partial charge < -0.3 is 5.73 Å². The fourth-order valence-corrected chi connectivity index (χ4v) is 2.19. The number of hydrogen-bond acceptors (Lipinski definition) is 4. The molecule has 2 N–H and O–H groups in total. The van der Waals surface area contributed by atoms with Crippen molar-refractivity contribution in [3.63, 3.8) is 0 Å². The van der Waals surface area contributed by atoms with Crippen molar-refractivity contribution in [2.24, 2.45) is 5.73 Å². The topological polar surface area (TPSA) is 51.8 Å². The van der Waals surface area contributed by atoms with Crippen LogP contribution < -0.4 is 5.73 Å². The third-order valence-corrected chi connectivity index (χ3v) is 3.21. The van der Waals surface area contributed by atoms with E-state index in [0.29, 0.717) is 0 Å². The van der Waals surface area contributed by atoms with E-state index in [2.05, 4.69) is 16.9 Å². The van der Waals surface area contributed by atoms with Gasteiger partial charge in [0.05, 0.1) is 23.6 Å². The monoisotopic (exact) mass is 219 g/mol. The highest BCUT2D eigenvalue weighted by atomic mass is 32.1. The number of nitrogens with zero attached hydrogens (tertiary/aromatic N) is 2. The summed E-state index contributed by atoms with van der Waals surface area (Å²) < 4.78 is 0. The lowest BCUT2D eigenvalue weighted by molar-refractivity contribution is 0.811. The highest BCUT2D eigenvalue weighted by Gasteiger charge is 2.13. The molecule has 15 heavy (non-hydrogen) atoms. The van der Waals surface area contributed by atoms with E-state index in [1.807, 2.05) is 18.4 Å². The van der Waals surface area contributed by atoms with Gasteiger partial charge in [-0.15, -0.1) is 11.3 Å². The lowest BCUT2D eigenvalue weighted by atomic mass is 10.1. The van der Waals surface area contributed by atoms with Gasteiger partial charge in [0.2, 0.25) is 0 Å². The molecule has 0 radical (unpaired) electrons. The fraction of sp³-hybridized carbons (Fsp3) is 0.273. The molecule has 0 bridgehead atoms. The molecule has 2 heterocycles. The van der Waals surface area contributed by atoms with Crippen LogP contribution in [-0.2, 0) is 0 Å². The van der Waals surface area contributed by atoms with Crippen LogP contribution in [0.2, 0.25) is 0 Å². The van der Waals surface area contributed by atoms with E-state index in [0.717, 1.165) is 17.0 Å². The number of aromatic nitrogens is 2. The van der Waals surface area contributed by atoms with Gasteiger partial charge in [0.25, 0.3) is 0 Å². The zero-order valence-corrected chi connectivity index (χ0v) is 9.58. The van der Waals surface area contributed by atoms with Gasteiger partial charge in [0.1, 0.15) is 0 Å². The van der Waals surface area contributed by atoms with E-state index in [1.54, 1.807) is 23.7 Å². The lowest BCUT2D eigenvalue weighted by Crippen LogP contribution is -2.14. The van der Waals surface area contributed by atoms with Crippen molar-refractivity contribution in [1.82, 2.24) is 9.97 Å². The fourth-order valence-electron chi connectivity index (χ4n) is 1.44. The summed E-state index contributed by atoms with van der Waals surface area (Å²) in [5, 5.41) is 2.05. The first-order chi connectivity index (χ1) is 7.18. The van der Waals surface area contributed by atoms with Gasteiger partial charge in [-0.3, -0.25) is 9.97 Å². The molecule has 0 fully saturated rings. The molecule has 2 aromatic heterocycles. The van der Waals surface area contributed by atoms with Crippen LogP contribution in [0.25, 0.3) is 0 Å². The molecule has 78 valence electrons. The molecule has 0 amide bonds. The van der Waals surface area contributed by atoms with Crippen molar-refractivity contribution in [1.29, 1.82) is 0 Å². The molecular formula is C11H13N3S. The van der Waals surface area contributed by atoms with E-state index in [4.69, 9.17) is 5.73 Å². The molecular weight excluding hydrogens is 206 g/mol. The smallest absolute Gasteiger partial charge is 0.0799 e. The number of nitrogens with two attached hydrogens (primary N) is 1. The van der Waals surface area contributed by atoms with E-state index in [9.17, 15) is 0 Å². The molecule has 3 nitrogen and oxygen atoms in total. The summed E-state index contributed by atoms with van der Waals surface area (Å²) in [5.41, 5.74) is 8.98. The first-order valence-corrected chi connectivity index (χ1v) is 5.64. The van der Waals surface area contributed by atoms with Crippen LogP contribution in [0, 0.1) is 13.8 Å². The Kier molecular flexibility index (Phi) is 2.79. The van der Waals surface area contributed by atoms with Crippen LogP contribution in [0.1, 0.15) is 27.9 Å². The Morgan fingerprint density at radius 3 is 2.60 bits per heavy atom. The summed E-state index contributed by atoms with van der Waals surface area (Å²) in [6.07, 6.45) is 3.49. The van der Waals surface area contributed by atoms with Crippen LogP contribution in [-0.4, -0.2) is 9.97 Å². The van der Waals surface area contributed by atoms with Crippen molar-refractivity contribution in [3.8, 4) is 0 Å². The van der Waals surface area contributed by atoms with Crippen LogP contribution in [0.15, 0.2) is 23.8 Å². The Morgan fingerprint density at radius 2 is 2.07 bits per heavy atom. The maximum absolute atomic E-state index is 6.12. The third kappa shape index (κ3) is 2.06. The zero-order chi connectivity index (χ0) is 10.8. The molecule has 0 aliphatic heterocycles. The number of rotatable bonds is 2. The van der Waals surface area contributed by atoms with E-state index in [1.165, 1.54) is 4.88 Å². The quantitative estimate of drug-likeness (QED) is 0.842. The minimum Gasteiger partial charge on any atom is -0.319 e. The Labute approximate surface area is 93.0 Å². The molecule has 0 saturated heterocycles. The normalized spacial score (nSPS) is 12.7. The minimum absolute atomic E-state index is 0.163. The average Bonchev–Trinajstić information content (AvgIpc) is 2.65. The molecule has 1 atom stereocenters. The van der Waals surface area contributed by atoms with Gasteiger partial charge in [-0.1, -0.05) is 0 Å². The van der Waals surface area contributed by atoms with Gasteiger partial charge in [0.15, 0.2) is 0 Å². The van der Waals surface area contributed by atoms with Crippen molar-refractivity contribution >= 4 is 11.3 Å². The van der Waals surface area contributed by atoms with Crippen LogP contribution in [0.5, 0.6) is 0 Å². The summed E-state index contributed by atoms with van der Waals surface area (Å²) in [4.78, 5) is 9.73. The molecule has 1 unspecified atom stereocenters. The molecule has 2 rings (SSSR count). The van der Waals surface area contributed by atoms with E-state index >= 15 is 0 Å². The van der Waals surface area contributed by atoms with Gasteiger partial charge in [-0.2, -0.15) is 0 Å². The van der Waals surface area contributed by atoms with E-state index < -0.39 is 0 Å². The zero-order valence-electron chi connectivity index (χ0n) is 8.77. The second-order valence-electron chi connectivity index (χ2n) is 3.49. The highest BCUT2D eigenvalue weighted by molar-refractivity contribution is 7.10. The predicted molar refractivity (Wildman–Crippen MR) is 61.9 cm³/mol. The maximum atomic E-state index is 6.12. The van der Waals surface area contributed by atoms with Gasteiger partial charge in [0, 0.05) is 11.1 Å². The second-order valence-corrected chi connectivity index (χ2v) is 4.61. The van der Waals surface area contributed by atoms with Crippen molar-refractivity contribution in [3.05, 3.63) is 45.7 Å². The summed E-state index contributed by atoms with van der Waals surface area (Å²) in [6, 6.07) is 1.89. The summed E-state index contributed by atoms with van der Waals surface area (Å²) in [6.45, 7) is 3.99. The molecule has 0 saturated carbocycles. The Bertz CT molecular complexity index is 447. The Hall–Kier alpha value is -1.26. The summed E-state index contributed by atoms with van der Waals surface area (Å²) in [7, 11) is 0. The first-order valence-electron chi connectivity index (χ1n) is 4.76. The minimum atomic E-state index is -0.163. The van der Waals surface area contributed by atoms with Crippen molar-refractivity contribution in [2.45, 2.75) is 19.9 Å². The Balaban J connectivity index is 2.32. The standard InChI is InChI=1S/C11H13N3S/c1-7-5-14-10(6-13-7)11(12)9-3-4-15-8(9)2/h3-6,11H,12H2,1-2H3. The molecule has 0 aliphatic carbocycles. The third-order valence-electron chi connectivity index (χ3n) is 2.35. The van der Waals surface area contributed by atoms with Crippen molar-refractivity contribution < 1.29 is 0 Å². The lowest BCUT2D eigenvalue weighted by Gasteiger charge is -2.10. The highest BCUT2D eigenvalue weighted by Crippen LogP contribution is 2.24. The summed E-state index contributed by atoms with van der Waals surface area (Å²) in [5.74, 6) is 0. The molecule has 0 aromatic carbocycles. The van der Waals surface area contributed by atoms with Crippen LogP contribution in [0.3, 0.4) is 0 Å². The molecule has 4 heteroatoms. The van der Waals surface area contributed by atoms with Gasteiger partial charge in [-0.05, 0) is 30.9 Å². The van der Waals surface area contributed by atoms with Gasteiger partial charge in [-0.25, -0.2) is 0 Å². The number of hydrogen-bond donors (Lipinski definition) is 1. The second kappa shape index (κ2) is 4.08. The van der Waals surface area contributed by atoms with Crippen molar-refractivity contribution in [2.75, 3.05) is 0 Å². The van der Waals surface area contributed by atoms with E-state index in [-0.39, 0.29) is 6.04 Å². The molecule has 0 spiro atoms. The Morgan fingerprint density at radius 1 is 1.27 bits per heavy atom. The van der Waals surface area contributed by atoms with Crippen LogP contribution in [0.4, 0.5) is 0 Å². The molecule has 2 aromatic rings. The van der Waals surface area contributed by atoms with Gasteiger partial charge >= 0.3 is 0 Å².